The van der Waals surface area contributed by atoms with Crippen molar-refractivity contribution in [2.45, 2.75) is 18.6 Å². The Balaban J connectivity index is 1.74. The molecule has 2 aromatic rings. The molecule has 7 nitrogen and oxygen atoms in total. The van der Waals surface area contributed by atoms with Crippen LogP contribution < -0.4 is 14.8 Å². The van der Waals surface area contributed by atoms with Crippen LogP contribution in [0.2, 0.25) is 0 Å². The van der Waals surface area contributed by atoms with Crippen molar-refractivity contribution in [1.82, 2.24) is 4.90 Å². The number of rotatable bonds is 8. The second kappa shape index (κ2) is 10.2. The molecule has 3 rings (SSSR count). The van der Waals surface area contributed by atoms with Crippen LogP contribution in [0.5, 0.6) is 11.5 Å². The van der Waals surface area contributed by atoms with Crippen molar-refractivity contribution in [1.29, 1.82) is 0 Å². The van der Waals surface area contributed by atoms with E-state index in [1.54, 1.807) is 36.3 Å². The molecule has 2 amide bonds. The Kier molecular flexibility index (Phi) is 7.36. The highest BCUT2D eigenvalue weighted by molar-refractivity contribution is 8.15. The number of hydrogen-bond donors (Lipinski definition) is 1. The minimum atomic E-state index is -0.562. The summed E-state index contributed by atoms with van der Waals surface area (Å²) in [5.74, 6) is 0.651. The summed E-state index contributed by atoms with van der Waals surface area (Å²) in [6.45, 7) is 6.06. The first-order valence-electron chi connectivity index (χ1n) is 9.71. The van der Waals surface area contributed by atoms with Gasteiger partial charge in [-0.15, -0.1) is 6.58 Å². The molecule has 8 heteroatoms. The van der Waals surface area contributed by atoms with Crippen LogP contribution >= 0.6 is 11.8 Å². The minimum Gasteiger partial charge on any atom is -0.497 e. The monoisotopic (exact) mass is 439 g/mol. The van der Waals surface area contributed by atoms with Crippen LogP contribution in [0.25, 0.3) is 0 Å². The number of hydrogen-bond acceptors (Lipinski definition) is 6. The maximum atomic E-state index is 12.9. The first-order chi connectivity index (χ1) is 14.9. The van der Waals surface area contributed by atoms with Crippen LogP contribution in [0.15, 0.2) is 60.1 Å². The van der Waals surface area contributed by atoms with Crippen molar-refractivity contribution >= 4 is 40.1 Å². The maximum Gasteiger partial charge on any atom is 0.242 e. The highest BCUT2D eigenvalue weighted by atomic mass is 32.2. The van der Waals surface area contributed by atoms with E-state index in [2.05, 4.69) is 16.9 Å². The third-order valence-electron chi connectivity index (χ3n) is 4.64. The number of carbonyl (C=O) groups excluding carboxylic acids is 2. The van der Waals surface area contributed by atoms with E-state index < -0.39 is 5.25 Å². The van der Waals surface area contributed by atoms with Crippen LogP contribution in [0.3, 0.4) is 0 Å². The summed E-state index contributed by atoms with van der Waals surface area (Å²) < 4.78 is 10.5. The van der Waals surface area contributed by atoms with Gasteiger partial charge >= 0.3 is 0 Å². The molecule has 0 aliphatic carbocycles. The average Bonchev–Trinajstić information content (AvgIpc) is 3.04. The Morgan fingerprint density at radius 1 is 1.23 bits per heavy atom. The van der Waals surface area contributed by atoms with Gasteiger partial charge in [0.2, 0.25) is 11.8 Å². The molecular weight excluding hydrogens is 414 g/mol. The van der Waals surface area contributed by atoms with Gasteiger partial charge in [-0.05, 0) is 31.2 Å². The fraction of sp³-hybridized carbons (Fsp3) is 0.261. The Morgan fingerprint density at radius 3 is 2.61 bits per heavy atom. The molecule has 2 aromatic carbocycles. The van der Waals surface area contributed by atoms with Crippen LogP contribution in [0.1, 0.15) is 12.0 Å². The zero-order valence-electron chi connectivity index (χ0n) is 17.8. The van der Waals surface area contributed by atoms with Crippen molar-refractivity contribution in [3.8, 4) is 11.5 Å². The van der Waals surface area contributed by atoms with Gasteiger partial charge in [-0.25, -0.2) is 4.99 Å². The highest BCUT2D eigenvalue weighted by Crippen LogP contribution is 2.33. The molecule has 0 aromatic heterocycles. The number of aryl methyl sites for hydroxylation is 1. The Bertz CT molecular complexity index is 1000. The molecule has 0 spiro atoms. The normalized spacial score (nSPS) is 17.0. The fourth-order valence-corrected chi connectivity index (χ4v) is 4.19. The van der Waals surface area contributed by atoms with Gasteiger partial charge in [0.05, 0.1) is 25.6 Å². The number of thioether (sulfide) groups is 1. The number of aliphatic imine (C=N–C) groups is 1. The molecule has 0 radical (unpaired) electrons. The topological polar surface area (TPSA) is 80.2 Å². The van der Waals surface area contributed by atoms with Crippen LogP contribution in [0, 0.1) is 6.92 Å². The van der Waals surface area contributed by atoms with E-state index in [1.807, 2.05) is 31.2 Å². The lowest BCUT2D eigenvalue weighted by Gasteiger charge is -2.14. The molecule has 0 saturated carbocycles. The smallest absolute Gasteiger partial charge is 0.242 e. The maximum absolute atomic E-state index is 12.9. The molecule has 1 N–H and O–H groups in total. The summed E-state index contributed by atoms with van der Waals surface area (Å²) in [7, 11) is 3.07. The Morgan fingerprint density at radius 2 is 1.97 bits per heavy atom. The fourth-order valence-electron chi connectivity index (χ4n) is 3.02. The molecule has 31 heavy (non-hydrogen) atoms. The molecule has 162 valence electrons. The molecule has 1 aliphatic heterocycles. The third kappa shape index (κ3) is 5.46. The van der Waals surface area contributed by atoms with E-state index in [9.17, 15) is 9.59 Å². The highest BCUT2D eigenvalue weighted by Gasteiger charge is 2.38. The number of anilines is 1. The largest absolute Gasteiger partial charge is 0.497 e. The Labute approximate surface area is 186 Å². The van der Waals surface area contributed by atoms with Crippen molar-refractivity contribution in [3.63, 3.8) is 0 Å². The predicted molar refractivity (Wildman–Crippen MR) is 124 cm³/mol. The third-order valence-corrected chi connectivity index (χ3v) is 5.82. The summed E-state index contributed by atoms with van der Waals surface area (Å²) in [5.41, 5.74) is 2.40. The molecule has 1 aliphatic rings. The zero-order chi connectivity index (χ0) is 22.4. The molecule has 1 heterocycles. The molecule has 1 saturated heterocycles. The van der Waals surface area contributed by atoms with E-state index >= 15 is 0 Å². The summed E-state index contributed by atoms with van der Waals surface area (Å²) in [6.07, 6.45) is 1.66. The molecule has 1 atom stereocenters. The number of amidine groups is 1. The summed E-state index contributed by atoms with van der Waals surface area (Å²) >= 11 is 1.29. The second-order valence-electron chi connectivity index (χ2n) is 6.89. The molecule has 0 bridgehead atoms. The summed E-state index contributed by atoms with van der Waals surface area (Å²) in [5, 5.41) is 2.82. The quantitative estimate of drug-likeness (QED) is 0.625. The standard InChI is InChI=1S/C23H25N3O4S/c1-5-12-26-22(28)20(31-23(26)24-16-8-6-15(2)7-9-16)14-21(27)25-18-11-10-17(29-3)13-19(18)30-4/h5-11,13,20H,1,12,14H2,2-4H3,(H,25,27)/t20-/m0/s1. The van der Waals surface area contributed by atoms with E-state index in [0.29, 0.717) is 28.9 Å². The van der Waals surface area contributed by atoms with Crippen molar-refractivity contribution in [2.24, 2.45) is 4.99 Å². The first-order valence-corrected chi connectivity index (χ1v) is 10.6. The number of benzene rings is 2. The minimum absolute atomic E-state index is 0.0131. The van der Waals surface area contributed by atoms with Crippen LogP contribution in [-0.4, -0.2) is 47.9 Å². The molecule has 1 fully saturated rings. The lowest BCUT2D eigenvalue weighted by atomic mass is 10.2. The van der Waals surface area contributed by atoms with Gasteiger partial charge < -0.3 is 14.8 Å². The lowest BCUT2D eigenvalue weighted by molar-refractivity contribution is -0.127. The van der Waals surface area contributed by atoms with Gasteiger partial charge in [-0.2, -0.15) is 0 Å². The number of methoxy groups -OCH3 is 2. The van der Waals surface area contributed by atoms with Crippen LogP contribution in [-0.2, 0) is 9.59 Å². The zero-order valence-corrected chi connectivity index (χ0v) is 18.6. The van der Waals surface area contributed by atoms with Crippen molar-refractivity contribution in [2.75, 3.05) is 26.1 Å². The van der Waals surface area contributed by atoms with Gasteiger partial charge in [-0.3, -0.25) is 14.5 Å². The second-order valence-corrected chi connectivity index (χ2v) is 8.06. The van der Waals surface area contributed by atoms with Crippen LogP contribution in [0.4, 0.5) is 11.4 Å². The van der Waals surface area contributed by atoms with E-state index in [-0.39, 0.29) is 18.2 Å². The summed E-state index contributed by atoms with van der Waals surface area (Å²) in [6, 6.07) is 12.8. The number of nitrogens with one attached hydrogen (secondary N) is 1. The SMILES string of the molecule is C=CCN1C(=O)[C@H](CC(=O)Nc2ccc(OC)cc2OC)SC1=Nc1ccc(C)cc1. The van der Waals surface area contributed by atoms with E-state index in [1.165, 1.54) is 18.9 Å². The predicted octanol–water partition coefficient (Wildman–Crippen LogP) is 4.16. The summed E-state index contributed by atoms with van der Waals surface area (Å²) in [4.78, 5) is 31.7. The lowest BCUT2D eigenvalue weighted by Crippen LogP contribution is -2.33. The average molecular weight is 440 g/mol. The molecular formula is C23H25N3O4S. The van der Waals surface area contributed by atoms with Gasteiger partial charge in [0.25, 0.3) is 0 Å². The number of amides is 2. The number of ether oxygens (including phenoxy) is 2. The van der Waals surface area contributed by atoms with E-state index in [0.717, 1.165) is 11.3 Å². The number of carbonyl (C=O) groups is 2. The Hall–Kier alpha value is -3.26. The van der Waals surface area contributed by atoms with E-state index in [4.69, 9.17) is 9.47 Å². The van der Waals surface area contributed by atoms with Gasteiger partial charge in [0, 0.05) is 19.0 Å². The number of nitrogens with zero attached hydrogens (tertiary/aromatic N) is 2. The first kappa shape index (κ1) is 22.4. The van der Waals surface area contributed by atoms with Gasteiger partial charge in [-0.1, -0.05) is 35.5 Å². The van der Waals surface area contributed by atoms with Crippen molar-refractivity contribution in [3.05, 3.63) is 60.7 Å². The van der Waals surface area contributed by atoms with Gasteiger partial charge in [0.15, 0.2) is 5.17 Å². The van der Waals surface area contributed by atoms with Gasteiger partial charge in [0.1, 0.15) is 16.7 Å². The van der Waals surface area contributed by atoms with Crippen molar-refractivity contribution < 1.29 is 19.1 Å². The molecule has 0 unspecified atom stereocenters.